The number of amides is 1. The second-order valence-electron chi connectivity index (χ2n) is 6.27. The van der Waals surface area contributed by atoms with Gasteiger partial charge in [-0.05, 0) is 42.7 Å². The molecule has 1 aliphatic rings. The van der Waals surface area contributed by atoms with E-state index in [1.54, 1.807) is 29.2 Å². The second kappa shape index (κ2) is 7.39. The predicted molar refractivity (Wildman–Crippen MR) is 91.0 cm³/mol. The summed E-state index contributed by atoms with van der Waals surface area (Å²) in [6, 6.07) is 9.16. The van der Waals surface area contributed by atoms with Crippen LogP contribution in [-0.2, 0) is 26.8 Å². The van der Waals surface area contributed by atoms with E-state index in [-0.39, 0.29) is 23.9 Å². The average Bonchev–Trinajstić information content (AvgIpc) is 3.09. The van der Waals surface area contributed by atoms with Gasteiger partial charge in [0.25, 0.3) is 0 Å². The Labute approximate surface area is 146 Å². The number of halogens is 1. The number of piperidine rings is 1. The van der Waals surface area contributed by atoms with E-state index in [1.807, 2.05) is 0 Å². The third-order valence-electron chi connectivity index (χ3n) is 4.49. The molecule has 0 N–H and O–H groups in total. The van der Waals surface area contributed by atoms with E-state index >= 15 is 0 Å². The fourth-order valence-corrected chi connectivity index (χ4v) is 4.79. The van der Waals surface area contributed by atoms with Gasteiger partial charge in [0.05, 0.1) is 17.9 Å². The monoisotopic (exact) mass is 365 g/mol. The van der Waals surface area contributed by atoms with Gasteiger partial charge in [-0.3, -0.25) is 4.79 Å². The molecule has 0 saturated carbocycles. The Morgan fingerprint density at radius 3 is 2.44 bits per heavy atom. The Morgan fingerprint density at radius 1 is 1.16 bits per heavy atom. The van der Waals surface area contributed by atoms with Gasteiger partial charge in [-0.15, -0.1) is 0 Å². The summed E-state index contributed by atoms with van der Waals surface area (Å²) in [6.45, 7) is 0.837. The van der Waals surface area contributed by atoms with Crippen LogP contribution in [0.2, 0.25) is 0 Å². The molecule has 1 aromatic carbocycles. The Bertz CT molecular complexity index is 807. The number of benzene rings is 1. The van der Waals surface area contributed by atoms with E-state index in [4.69, 9.17) is 4.42 Å². The molecule has 3 rings (SSSR count). The molecule has 1 aliphatic heterocycles. The zero-order chi connectivity index (χ0) is 17.9. The summed E-state index contributed by atoms with van der Waals surface area (Å²) in [4.78, 5) is 14.0. The Hall–Kier alpha value is -2.15. The second-order valence-corrected chi connectivity index (χ2v) is 8.55. The van der Waals surface area contributed by atoms with Gasteiger partial charge in [0.1, 0.15) is 17.3 Å². The smallest absolute Gasteiger partial charge is 0.226 e. The lowest BCUT2D eigenvalue weighted by Crippen LogP contribution is -2.43. The molecule has 134 valence electrons. The molecule has 0 spiro atoms. The van der Waals surface area contributed by atoms with E-state index in [0.29, 0.717) is 31.7 Å². The molecule has 0 bridgehead atoms. The van der Waals surface area contributed by atoms with Crippen molar-refractivity contribution in [1.82, 2.24) is 4.90 Å². The normalized spacial score (nSPS) is 16.1. The Balaban J connectivity index is 1.54. The van der Waals surface area contributed by atoms with Crippen molar-refractivity contribution in [2.24, 2.45) is 0 Å². The quantitative estimate of drug-likeness (QED) is 0.817. The molecule has 0 atom stereocenters. The first-order valence-corrected chi connectivity index (χ1v) is 9.92. The van der Waals surface area contributed by atoms with Crippen LogP contribution in [-0.4, -0.2) is 37.6 Å². The molecule has 1 amide bonds. The van der Waals surface area contributed by atoms with Crippen LogP contribution in [0.15, 0.2) is 47.1 Å². The highest BCUT2D eigenvalue weighted by Crippen LogP contribution is 2.22. The van der Waals surface area contributed by atoms with Crippen LogP contribution < -0.4 is 0 Å². The van der Waals surface area contributed by atoms with Gasteiger partial charge < -0.3 is 9.32 Å². The first-order valence-electron chi connectivity index (χ1n) is 8.20. The van der Waals surface area contributed by atoms with Gasteiger partial charge in [0.2, 0.25) is 5.91 Å². The van der Waals surface area contributed by atoms with Crippen molar-refractivity contribution in [3.63, 3.8) is 0 Å². The van der Waals surface area contributed by atoms with Crippen molar-refractivity contribution < 1.29 is 22.0 Å². The minimum absolute atomic E-state index is 0.0616. The van der Waals surface area contributed by atoms with Crippen LogP contribution in [0, 0.1) is 5.82 Å². The molecular formula is C18H20FNO4S. The Morgan fingerprint density at radius 2 is 1.84 bits per heavy atom. The van der Waals surface area contributed by atoms with Crippen LogP contribution in [0.25, 0.3) is 0 Å². The highest BCUT2D eigenvalue weighted by atomic mass is 32.2. The molecule has 0 unspecified atom stereocenters. The first-order chi connectivity index (χ1) is 11.9. The number of nitrogens with zero attached hydrogens (tertiary/aromatic N) is 1. The summed E-state index contributed by atoms with van der Waals surface area (Å²) in [5, 5.41) is -0.451. The van der Waals surface area contributed by atoms with E-state index in [9.17, 15) is 17.6 Å². The van der Waals surface area contributed by atoms with Crippen molar-refractivity contribution >= 4 is 15.7 Å². The van der Waals surface area contributed by atoms with E-state index in [2.05, 4.69) is 0 Å². The van der Waals surface area contributed by atoms with Crippen LogP contribution in [0.4, 0.5) is 4.39 Å². The summed E-state index contributed by atoms with van der Waals surface area (Å²) >= 11 is 0. The van der Waals surface area contributed by atoms with Crippen molar-refractivity contribution in [2.75, 3.05) is 13.1 Å². The molecule has 1 fully saturated rings. The Kier molecular flexibility index (Phi) is 5.22. The molecule has 2 aromatic rings. The first kappa shape index (κ1) is 17.7. The largest absolute Gasteiger partial charge is 0.468 e. The molecule has 25 heavy (non-hydrogen) atoms. The zero-order valence-electron chi connectivity index (χ0n) is 13.7. The van der Waals surface area contributed by atoms with E-state index in [1.165, 1.54) is 18.4 Å². The van der Waals surface area contributed by atoms with E-state index < -0.39 is 15.1 Å². The number of carbonyl (C=O) groups excluding carboxylic acids is 1. The third-order valence-corrected chi connectivity index (χ3v) is 6.67. The summed E-state index contributed by atoms with van der Waals surface area (Å²) in [5.74, 6) is -0.0594. The summed E-state index contributed by atoms with van der Waals surface area (Å²) in [5.41, 5.74) is 0.749. The lowest BCUT2D eigenvalue weighted by Gasteiger charge is -2.31. The molecule has 2 heterocycles. The number of rotatable bonds is 5. The minimum Gasteiger partial charge on any atom is -0.468 e. The van der Waals surface area contributed by atoms with Crippen molar-refractivity contribution in [1.29, 1.82) is 0 Å². The molecule has 5 nitrogen and oxygen atoms in total. The number of hydrogen-bond donors (Lipinski definition) is 0. The van der Waals surface area contributed by atoms with Gasteiger partial charge in [-0.25, -0.2) is 12.8 Å². The molecule has 0 radical (unpaired) electrons. The van der Waals surface area contributed by atoms with Gasteiger partial charge >= 0.3 is 0 Å². The van der Waals surface area contributed by atoms with Gasteiger partial charge in [0, 0.05) is 13.1 Å². The molecule has 0 aliphatic carbocycles. The summed E-state index contributed by atoms with van der Waals surface area (Å²) in [6.07, 6.45) is 2.52. The number of hydrogen-bond acceptors (Lipinski definition) is 4. The molecule has 1 saturated heterocycles. The maximum atomic E-state index is 12.9. The number of carbonyl (C=O) groups is 1. The van der Waals surface area contributed by atoms with Gasteiger partial charge in [-0.2, -0.15) is 0 Å². The fourth-order valence-electron chi connectivity index (χ4n) is 3.06. The molecular weight excluding hydrogens is 345 g/mol. The lowest BCUT2D eigenvalue weighted by atomic mass is 10.1. The van der Waals surface area contributed by atoms with Crippen LogP contribution in [0.3, 0.4) is 0 Å². The summed E-state index contributed by atoms with van der Waals surface area (Å²) < 4.78 is 42.9. The van der Waals surface area contributed by atoms with Crippen molar-refractivity contribution in [3.05, 3.63) is 59.8 Å². The predicted octanol–water partition coefficient (Wildman–Crippen LogP) is 2.57. The molecule has 7 heteroatoms. The van der Waals surface area contributed by atoms with E-state index in [0.717, 1.165) is 5.56 Å². The van der Waals surface area contributed by atoms with Crippen molar-refractivity contribution in [3.8, 4) is 0 Å². The lowest BCUT2D eigenvalue weighted by molar-refractivity contribution is -0.131. The summed E-state index contributed by atoms with van der Waals surface area (Å²) in [7, 11) is -3.29. The number of sulfone groups is 1. The highest BCUT2D eigenvalue weighted by molar-refractivity contribution is 7.91. The highest BCUT2D eigenvalue weighted by Gasteiger charge is 2.32. The SMILES string of the molecule is O=C(Cc1ccc(F)cc1)N1CCC(S(=O)(=O)Cc2ccco2)CC1. The maximum Gasteiger partial charge on any atom is 0.226 e. The maximum absolute atomic E-state index is 12.9. The van der Waals surface area contributed by atoms with Crippen LogP contribution in [0.5, 0.6) is 0 Å². The van der Waals surface area contributed by atoms with Crippen LogP contribution in [0.1, 0.15) is 24.2 Å². The zero-order valence-corrected chi connectivity index (χ0v) is 14.5. The number of furan rings is 1. The van der Waals surface area contributed by atoms with Gasteiger partial charge in [-0.1, -0.05) is 12.1 Å². The van der Waals surface area contributed by atoms with Crippen molar-refractivity contribution in [2.45, 2.75) is 30.3 Å². The van der Waals surface area contributed by atoms with Gasteiger partial charge in [0.15, 0.2) is 9.84 Å². The third kappa shape index (κ3) is 4.48. The minimum atomic E-state index is -3.29. The molecule has 1 aromatic heterocycles. The van der Waals surface area contributed by atoms with Crippen LogP contribution >= 0.6 is 0 Å². The number of likely N-dealkylation sites (tertiary alicyclic amines) is 1. The topological polar surface area (TPSA) is 67.6 Å². The average molecular weight is 365 g/mol. The fraction of sp³-hybridized carbons (Fsp3) is 0.389. The standard InChI is InChI=1S/C18H20FNO4S/c19-15-5-3-14(4-6-15)12-18(21)20-9-7-17(8-10-20)25(22,23)13-16-2-1-11-24-16/h1-6,11,17H,7-10,12-13H2.